The summed E-state index contributed by atoms with van der Waals surface area (Å²) >= 11 is 1.69. The van der Waals surface area contributed by atoms with Crippen LogP contribution in [0.15, 0.2) is 29.0 Å². The van der Waals surface area contributed by atoms with Gasteiger partial charge in [-0.05, 0) is 35.5 Å². The molecule has 1 aromatic heterocycles. The average Bonchev–Trinajstić information content (AvgIpc) is 3.00. The number of phenols is 1. The molecule has 1 aliphatic rings. The molecule has 0 radical (unpaired) electrons. The monoisotopic (exact) mass is 277 g/mol. The van der Waals surface area contributed by atoms with Gasteiger partial charge in [-0.1, -0.05) is 0 Å². The molecule has 1 aliphatic heterocycles. The van der Waals surface area contributed by atoms with Crippen molar-refractivity contribution in [2.45, 2.75) is 13.1 Å². The lowest BCUT2D eigenvalue weighted by molar-refractivity contribution is 0.174. The van der Waals surface area contributed by atoms with E-state index in [4.69, 9.17) is 9.47 Å². The summed E-state index contributed by atoms with van der Waals surface area (Å²) in [4.78, 5) is 2.15. The van der Waals surface area contributed by atoms with E-state index in [0.717, 1.165) is 12.1 Å². The summed E-state index contributed by atoms with van der Waals surface area (Å²) < 4.78 is 10.6. The number of aromatic hydroxyl groups is 1. The van der Waals surface area contributed by atoms with Crippen LogP contribution in [0.3, 0.4) is 0 Å². The first-order valence-electron chi connectivity index (χ1n) is 6.03. The summed E-state index contributed by atoms with van der Waals surface area (Å²) in [5.74, 6) is 1.57. The highest BCUT2D eigenvalue weighted by molar-refractivity contribution is 7.07. The minimum atomic E-state index is 0.225. The van der Waals surface area contributed by atoms with E-state index >= 15 is 0 Å². The van der Waals surface area contributed by atoms with Gasteiger partial charge in [0.25, 0.3) is 0 Å². The lowest BCUT2D eigenvalue weighted by atomic mass is 10.1. The van der Waals surface area contributed by atoms with E-state index in [2.05, 4.69) is 21.7 Å². The van der Waals surface area contributed by atoms with Crippen molar-refractivity contribution in [3.63, 3.8) is 0 Å². The molecule has 0 aliphatic carbocycles. The first-order chi connectivity index (χ1) is 9.22. The summed E-state index contributed by atoms with van der Waals surface area (Å²) in [6, 6.07) is 5.58. The molecule has 2 heterocycles. The van der Waals surface area contributed by atoms with Crippen LogP contribution in [0, 0.1) is 0 Å². The topological polar surface area (TPSA) is 41.9 Å². The predicted molar refractivity (Wildman–Crippen MR) is 73.7 cm³/mol. The Labute approximate surface area is 115 Å². The first kappa shape index (κ1) is 12.3. The second-order valence-electron chi connectivity index (χ2n) is 4.64. The smallest absolute Gasteiger partial charge is 0.231 e. The molecular weight excluding hydrogens is 262 g/mol. The third-order valence-electron chi connectivity index (χ3n) is 3.05. The Balaban J connectivity index is 1.72. The van der Waals surface area contributed by atoms with Crippen molar-refractivity contribution in [2.75, 3.05) is 13.8 Å². The summed E-state index contributed by atoms with van der Waals surface area (Å²) in [5.41, 5.74) is 2.13. The van der Waals surface area contributed by atoms with Crippen molar-refractivity contribution >= 4 is 11.3 Å². The van der Waals surface area contributed by atoms with E-state index in [-0.39, 0.29) is 12.5 Å². The molecule has 2 aromatic rings. The van der Waals surface area contributed by atoms with Gasteiger partial charge < -0.3 is 14.6 Å². The highest BCUT2D eigenvalue weighted by Gasteiger charge is 2.17. The minimum absolute atomic E-state index is 0.225. The standard InChI is InChI=1S/C14H15NO3S/c1-15(6-10-2-3-19-8-10)7-11-4-13-14(5-12(11)16)18-9-17-13/h2-5,8,16H,6-7,9H2,1H3. The van der Waals surface area contributed by atoms with Crippen molar-refractivity contribution in [2.24, 2.45) is 0 Å². The van der Waals surface area contributed by atoms with Crippen LogP contribution in [0.4, 0.5) is 0 Å². The Morgan fingerprint density at radius 1 is 1.26 bits per heavy atom. The molecule has 0 saturated carbocycles. The van der Waals surface area contributed by atoms with Gasteiger partial charge in [0, 0.05) is 24.7 Å². The normalized spacial score (nSPS) is 13.2. The second-order valence-corrected chi connectivity index (χ2v) is 5.42. The fraction of sp³-hybridized carbons (Fsp3) is 0.286. The molecular formula is C14H15NO3S. The van der Waals surface area contributed by atoms with Crippen LogP contribution in [0.5, 0.6) is 17.2 Å². The van der Waals surface area contributed by atoms with E-state index in [1.165, 1.54) is 5.56 Å². The van der Waals surface area contributed by atoms with E-state index in [1.807, 2.05) is 13.1 Å². The van der Waals surface area contributed by atoms with Gasteiger partial charge in [-0.15, -0.1) is 0 Å². The Hall–Kier alpha value is -1.72. The van der Waals surface area contributed by atoms with Gasteiger partial charge in [0.1, 0.15) is 5.75 Å². The third-order valence-corrected chi connectivity index (χ3v) is 3.78. The molecule has 1 aromatic carbocycles. The molecule has 0 bridgehead atoms. The molecule has 0 fully saturated rings. The number of rotatable bonds is 4. The summed E-state index contributed by atoms with van der Waals surface area (Å²) in [6.45, 7) is 1.75. The largest absolute Gasteiger partial charge is 0.507 e. The van der Waals surface area contributed by atoms with Gasteiger partial charge in [0.05, 0.1) is 0 Å². The van der Waals surface area contributed by atoms with Crippen molar-refractivity contribution in [3.05, 3.63) is 40.1 Å². The van der Waals surface area contributed by atoms with Crippen LogP contribution in [0.2, 0.25) is 0 Å². The zero-order valence-electron chi connectivity index (χ0n) is 10.6. The van der Waals surface area contributed by atoms with E-state index < -0.39 is 0 Å². The number of thiophene rings is 1. The molecule has 0 amide bonds. The van der Waals surface area contributed by atoms with Crippen LogP contribution in [-0.4, -0.2) is 23.8 Å². The van der Waals surface area contributed by atoms with Gasteiger partial charge in [-0.3, -0.25) is 4.90 Å². The number of ether oxygens (including phenoxy) is 2. The Kier molecular flexibility index (Phi) is 3.31. The summed E-state index contributed by atoms with van der Waals surface area (Å²) in [6.07, 6.45) is 0. The highest BCUT2D eigenvalue weighted by atomic mass is 32.1. The van der Waals surface area contributed by atoms with Gasteiger partial charge in [-0.25, -0.2) is 0 Å². The van der Waals surface area contributed by atoms with Crippen LogP contribution in [0.25, 0.3) is 0 Å². The first-order valence-corrected chi connectivity index (χ1v) is 6.98. The van der Waals surface area contributed by atoms with Gasteiger partial charge >= 0.3 is 0 Å². The summed E-state index contributed by atoms with van der Waals surface area (Å²) in [5, 5.41) is 14.2. The molecule has 0 spiro atoms. The molecule has 4 nitrogen and oxygen atoms in total. The van der Waals surface area contributed by atoms with Crippen molar-refractivity contribution in [1.29, 1.82) is 0 Å². The maximum absolute atomic E-state index is 9.99. The molecule has 1 N–H and O–H groups in total. The zero-order chi connectivity index (χ0) is 13.2. The molecule has 19 heavy (non-hydrogen) atoms. The molecule has 5 heteroatoms. The van der Waals surface area contributed by atoms with Crippen LogP contribution >= 0.6 is 11.3 Å². The number of hydrogen-bond acceptors (Lipinski definition) is 5. The molecule has 0 atom stereocenters. The Bertz CT molecular complexity index is 568. The number of fused-ring (bicyclic) bond motifs is 1. The van der Waals surface area contributed by atoms with Crippen molar-refractivity contribution in [3.8, 4) is 17.2 Å². The van der Waals surface area contributed by atoms with Crippen LogP contribution in [0.1, 0.15) is 11.1 Å². The van der Waals surface area contributed by atoms with Crippen LogP contribution < -0.4 is 9.47 Å². The minimum Gasteiger partial charge on any atom is -0.507 e. The van der Waals surface area contributed by atoms with Gasteiger partial charge in [0.15, 0.2) is 11.5 Å². The zero-order valence-corrected chi connectivity index (χ0v) is 11.4. The van der Waals surface area contributed by atoms with Crippen molar-refractivity contribution in [1.82, 2.24) is 4.90 Å². The molecule has 3 rings (SSSR count). The lowest BCUT2D eigenvalue weighted by Crippen LogP contribution is -2.16. The Morgan fingerprint density at radius 3 is 2.79 bits per heavy atom. The van der Waals surface area contributed by atoms with E-state index in [9.17, 15) is 5.11 Å². The lowest BCUT2D eigenvalue weighted by Gasteiger charge is -2.17. The third kappa shape index (κ3) is 2.67. The van der Waals surface area contributed by atoms with Crippen molar-refractivity contribution < 1.29 is 14.6 Å². The van der Waals surface area contributed by atoms with Gasteiger partial charge in [0.2, 0.25) is 6.79 Å². The van der Waals surface area contributed by atoms with E-state index in [0.29, 0.717) is 18.0 Å². The fourth-order valence-corrected chi connectivity index (χ4v) is 2.80. The number of phenolic OH excluding ortho intramolecular Hbond substituents is 1. The quantitative estimate of drug-likeness (QED) is 0.933. The average molecular weight is 277 g/mol. The molecule has 0 saturated heterocycles. The van der Waals surface area contributed by atoms with E-state index in [1.54, 1.807) is 17.4 Å². The highest BCUT2D eigenvalue weighted by Crippen LogP contribution is 2.37. The number of nitrogens with zero attached hydrogens (tertiary/aromatic N) is 1. The predicted octanol–water partition coefficient (Wildman–Crippen LogP) is 2.81. The SMILES string of the molecule is CN(Cc1ccsc1)Cc1cc2c(cc1O)OCO2. The maximum atomic E-state index is 9.99. The number of hydrogen-bond donors (Lipinski definition) is 1. The van der Waals surface area contributed by atoms with Crippen LogP contribution in [-0.2, 0) is 13.1 Å². The molecule has 100 valence electrons. The second kappa shape index (κ2) is 5.11. The van der Waals surface area contributed by atoms with Gasteiger partial charge in [-0.2, -0.15) is 11.3 Å². The fourth-order valence-electron chi connectivity index (χ4n) is 2.14. The number of benzene rings is 1. The Morgan fingerprint density at radius 2 is 2.05 bits per heavy atom. The maximum Gasteiger partial charge on any atom is 0.231 e. The summed E-state index contributed by atoms with van der Waals surface area (Å²) in [7, 11) is 2.03. The molecule has 0 unspecified atom stereocenters.